The highest BCUT2D eigenvalue weighted by atomic mass is 79.9. The average Bonchev–Trinajstić information content (AvgIpc) is 3.29. The maximum atomic E-state index is 12.8. The molecule has 0 aromatic carbocycles. The highest BCUT2D eigenvalue weighted by Gasteiger charge is 2.51. The van der Waals surface area contributed by atoms with Gasteiger partial charge in [-0.15, -0.1) is 0 Å². The minimum atomic E-state index is -0.782. The lowest BCUT2D eigenvalue weighted by molar-refractivity contribution is 0.00578. The van der Waals surface area contributed by atoms with Crippen molar-refractivity contribution in [2.75, 3.05) is 26.7 Å². The molecule has 4 heterocycles. The largest absolute Gasteiger partial charge is 0.496 e. The third-order valence-corrected chi connectivity index (χ3v) is 8.03. The molecule has 0 amide bonds. The van der Waals surface area contributed by atoms with Crippen LogP contribution in [0.5, 0.6) is 0 Å². The fourth-order valence-electron chi connectivity index (χ4n) is 3.35. The molecule has 2 N–H and O–H groups in total. The first-order valence-electron chi connectivity index (χ1n) is 15.9. The summed E-state index contributed by atoms with van der Waals surface area (Å²) in [5.74, 6) is 0.218. The number of pyridine rings is 3. The Morgan fingerprint density at radius 3 is 1.50 bits per heavy atom. The van der Waals surface area contributed by atoms with E-state index in [0.717, 1.165) is 14.4 Å². The lowest BCUT2D eigenvalue weighted by Gasteiger charge is -2.32. The summed E-state index contributed by atoms with van der Waals surface area (Å²) in [7, 11) is -0.543. The highest BCUT2D eigenvalue weighted by Crippen LogP contribution is 2.36. The number of aromatic nitrogens is 3. The van der Waals surface area contributed by atoms with Crippen molar-refractivity contribution >= 4 is 44.4 Å². The fraction of sp³-hybridized carbons (Fsp3) is 0.559. The molecule has 0 radical (unpaired) electrons. The summed E-state index contributed by atoms with van der Waals surface area (Å²) < 4.78 is 63.2. The fourth-order valence-corrected chi connectivity index (χ4v) is 3.94. The predicted octanol–water partition coefficient (Wildman–Crippen LogP) is 6.91. The number of alkyl halides is 4. The summed E-state index contributed by atoms with van der Waals surface area (Å²) in [5.41, 5.74) is -0.634. The van der Waals surface area contributed by atoms with Crippen LogP contribution < -0.4 is 22.1 Å². The highest BCUT2D eigenvalue weighted by molar-refractivity contribution is 9.10. The Bertz CT molecular complexity index is 1540. The minimum Gasteiger partial charge on any atom is -0.399 e. The van der Waals surface area contributed by atoms with Gasteiger partial charge in [-0.3, -0.25) is 18.8 Å². The van der Waals surface area contributed by atoms with Crippen LogP contribution in [0.4, 0.5) is 17.6 Å². The molecular weight excluding hydrogens is 793 g/mol. The summed E-state index contributed by atoms with van der Waals surface area (Å²) in [4.78, 5) is 35.7. The standard InChI is InChI=1S/C14H21BFNO3.C8H9BrFNO.C5H4BrNO.C4H9F.C3H7FO/c1-10(8-16)17-9-11(6-7-12(17)18)15-19-13(2,3)14(4,5)20-15;1-6(4-10)11-5-7(9)2-3-8(11)12;6-4-1-2-5(8)7-3-4;1-4(2)3-5;1-3(5)2-4/h6-7,9-10H,8H2,1-5H3;2-3,5-6H,4H2,1H3;1-3H,(H,7,8);4H,3H2,1-2H3;3,5H,2H2,1H3. The molecule has 16 heteroatoms. The number of aliphatic hydroxyl groups excluding tert-OH is 1. The summed E-state index contributed by atoms with van der Waals surface area (Å²) in [5, 5.41) is 7.99. The second kappa shape index (κ2) is 23.1. The van der Waals surface area contributed by atoms with Crippen LogP contribution in [-0.2, 0) is 9.31 Å². The molecule has 3 unspecified atom stereocenters. The number of halogens is 6. The molecule has 1 aliphatic heterocycles. The third kappa shape index (κ3) is 17.1. The van der Waals surface area contributed by atoms with E-state index in [9.17, 15) is 31.9 Å². The molecule has 0 bridgehead atoms. The van der Waals surface area contributed by atoms with E-state index in [-0.39, 0.29) is 29.3 Å². The van der Waals surface area contributed by atoms with Gasteiger partial charge in [-0.25, -0.2) is 13.2 Å². The summed E-state index contributed by atoms with van der Waals surface area (Å²) in [6.45, 7) is 14.3. The van der Waals surface area contributed by atoms with Crippen molar-refractivity contribution in [1.82, 2.24) is 14.1 Å². The molecule has 3 aromatic rings. The lowest BCUT2D eigenvalue weighted by atomic mass is 9.80. The monoisotopic (exact) mass is 841 g/mol. The van der Waals surface area contributed by atoms with Crippen LogP contribution in [0.2, 0.25) is 0 Å². The minimum absolute atomic E-state index is 0.0757. The number of hydrogen-bond acceptors (Lipinski definition) is 6. The van der Waals surface area contributed by atoms with Crippen molar-refractivity contribution in [1.29, 1.82) is 0 Å². The van der Waals surface area contributed by atoms with E-state index in [0.29, 0.717) is 0 Å². The zero-order chi connectivity index (χ0) is 38.8. The molecule has 4 rings (SSSR count). The molecule has 1 saturated heterocycles. The Kier molecular flexibility index (Phi) is 22.0. The van der Waals surface area contributed by atoms with Gasteiger partial charge in [0.25, 0.3) is 11.1 Å². The van der Waals surface area contributed by atoms with Crippen LogP contribution in [0.25, 0.3) is 0 Å². The van der Waals surface area contributed by atoms with E-state index in [1.807, 2.05) is 41.5 Å². The van der Waals surface area contributed by atoms with Crippen LogP contribution in [0.3, 0.4) is 0 Å². The molecular formula is C34H50BBr2F4N3O6. The average molecular weight is 843 g/mol. The van der Waals surface area contributed by atoms with Crippen molar-refractivity contribution < 1.29 is 32.0 Å². The predicted molar refractivity (Wildman–Crippen MR) is 199 cm³/mol. The zero-order valence-electron chi connectivity index (χ0n) is 30.1. The Balaban J connectivity index is 0.000000678. The van der Waals surface area contributed by atoms with Crippen LogP contribution in [-0.4, -0.2) is 70.3 Å². The lowest BCUT2D eigenvalue weighted by Crippen LogP contribution is -2.41. The van der Waals surface area contributed by atoms with Crippen molar-refractivity contribution in [2.45, 2.75) is 91.7 Å². The Hall–Kier alpha value is -2.53. The molecule has 0 aliphatic carbocycles. The van der Waals surface area contributed by atoms with Gasteiger partial charge in [0.15, 0.2) is 0 Å². The van der Waals surface area contributed by atoms with Crippen LogP contribution in [0, 0.1) is 5.92 Å². The number of nitrogens with one attached hydrogen (secondary N) is 1. The maximum absolute atomic E-state index is 12.8. The molecule has 282 valence electrons. The molecule has 1 aliphatic rings. The van der Waals surface area contributed by atoms with E-state index in [2.05, 4.69) is 36.8 Å². The number of aromatic amines is 1. The number of nitrogens with zero attached hydrogens (tertiary/aromatic N) is 2. The first-order chi connectivity index (χ1) is 23.2. The molecule has 0 saturated carbocycles. The van der Waals surface area contributed by atoms with Gasteiger partial charge >= 0.3 is 7.12 Å². The molecule has 50 heavy (non-hydrogen) atoms. The van der Waals surface area contributed by atoms with Crippen LogP contribution in [0.15, 0.2) is 78.3 Å². The van der Waals surface area contributed by atoms with Crippen LogP contribution in [0.1, 0.15) is 74.4 Å². The smallest absolute Gasteiger partial charge is 0.399 e. The van der Waals surface area contributed by atoms with Gasteiger partial charge in [0.1, 0.15) is 20.0 Å². The summed E-state index contributed by atoms with van der Waals surface area (Å²) in [6.07, 6.45) is 4.03. The molecule has 0 spiro atoms. The van der Waals surface area contributed by atoms with Gasteiger partial charge in [0, 0.05) is 45.7 Å². The second-order valence-electron chi connectivity index (χ2n) is 12.8. The topological polar surface area (TPSA) is 116 Å². The van der Waals surface area contributed by atoms with Crippen molar-refractivity contribution in [3.63, 3.8) is 0 Å². The Morgan fingerprint density at radius 1 is 0.720 bits per heavy atom. The number of hydrogen-bond donors (Lipinski definition) is 2. The first-order valence-corrected chi connectivity index (χ1v) is 17.5. The van der Waals surface area contributed by atoms with E-state index in [4.69, 9.17) is 14.4 Å². The van der Waals surface area contributed by atoms with Gasteiger partial charge in [-0.05, 0) is 104 Å². The van der Waals surface area contributed by atoms with Gasteiger partial charge in [0.2, 0.25) is 5.56 Å². The molecule has 9 nitrogen and oxygen atoms in total. The van der Waals surface area contributed by atoms with Crippen LogP contribution >= 0.6 is 31.9 Å². The summed E-state index contributed by atoms with van der Waals surface area (Å²) in [6, 6.07) is 8.42. The molecule has 3 atom stereocenters. The number of rotatable bonds is 7. The van der Waals surface area contributed by atoms with Crippen molar-refractivity contribution in [3.05, 3.63) is 95.0 Å². The SMILES string of the molecule is CC(C)CF.CC(CF)n1cc(B2OC(C)(C)C(C)(C)O2)ccc1=O.CC(CF)n1cc(Br)ccc1=O.CC(O)CF.O=c1ccc(Br)c[nH]1. The normalized spacial score (nSPS) is 15.8. The van der Waals surface area contributed by atoms with E-state index < -0.39 is 56.5 Å². The Morgan fingerprint density at radius 2 is 1.14 bits per heavy atom. The number of H-pyrrole nitrogens is 1. The quantitative estimate of drug-likeness (QED) is 0.198. The van der Waals surface area contributed by atoms with Gasteiger partial charge < -0.3 is 28.5 Å². The first kappa shape index (κ1) is 47.5. The zero-order valence-corrected chi connectivity index (χ0v) is 33.2. The van der Waals surface area contributed by atoms with Crippen molar-refractivity contribution in [3.8, 4) is 0 Å². The van der Waals surface area contributed by atoms with E-state index >= 15 is 0 Å². The molecule has 3 aromatic heterocycles. The second-order valence-corrected chi connectivity index (χ2v) is 14.6. The Labute approximate surface area is 308 Å². The summed E-state index contributed by atoms with van der Waals surface area (Å²) >= 11 is 6.39. The van der Waals surface area contributed by atoms with Gasteiger partial charge in [0.05, 0.1) is 36.1 Å². The van der Waals surface area contributed by atoms with E-state index in [1.165, 1.54) is 34.3 Å². The van der Waals surface area contributed by atoms with Crippen molar-refractivity contribution in [2.24, 2.45) is 5.92 Å². The van der Waals surface area contributed by atoms with E-state index in [1.54, 1.807) is 50.6 Å². The van der Waals surface area contributed by atoms with Gasteiger partial charge in [-0.1, -0.05) is 19.9 Å². The van der Waals surface area contributed by atoms with Gasteiger partial charge in [-0.2, -0.15) is 0 Å². The third-order valence-electron chi connectivity index (χ3n) is 7.06. The molecule has 1 fully saturated rings. The number of aliphatic hydroxyl groups is 1. The maximum Gasteiger partial charge on any atom is 0.496 e.